The number of hydrogen-bond donors (Lipinski definition) is 2. The molecule has 0 radical (unpaired) electrons. The van der Waals surface area contributed by atoms with Gasteiger partial charge in [-0.3, -0.25) is 10.2 Å². The van der Waals surface area contributed by atoms with Crippen LogP contribution in [0.5, 0.6) is 0 Å². The van der Waals surface area contributed by atoms with Gasteiger partial charge in [-0.1, -0.05) is 87.2 Å². The molecule has 3 nitrogen and oxygen atoms in total. The van der Waals surface area contributed by atoms with Crippen LogP contribution < -0.4 is 5.32 Å². The fourth-order valence-corrected chi connectivity index (χ4v) is 4.72. The number of hydrogen-bond acceptors (Lipinski definition) is 3. The van der Waals surface area contributed by atoms with Gasteiger partial charge in [0.15, 0.2) is 0 Å². The van der Waals surface area contributed by atoms with Gasteiger partial charge in [0.2, 0.25) is 0 Å². The van der Waals surface area contributed by atoms with E-state index in [-0.39, 0.29) is 0 Å². The molecule has 2 aliphatic rings. The van der Waals surface area contributed by atoms with Gasteiger partial charge in [0, 0.05) is 18.2 Å². The Kier molecular flexibility index (Phi) is 8.25. The molecule has 2 aromatic carbocycles. The van der Waals surface area contributed by atoms with Crippen molar-refractivity contribution in [1.29, 1.82) is 0 Å². The molecular formula is C28H38N2O. The molecular weight excluding hydrogens is 380 g/mol. The minimum atomic E-state index is -0.611. The van der Waals surface area contributed by atoms with Crippen LogP contribution in [-0.4, -0.2) is 35.7 Å². The van der Waals surface area contributed by atoms with Crippen LogP contribution in [0.2, 0.25) is 0 Å². The summed E-state index contributed by atoms with van der Waals surface area (Å²) < 4.78 is 0. The third kappa shape index (κ3) is 5.54. The maximum absolute atomic E-state index is 10.9. The molecule has 2 N–H and O–H groups in total. The minimum absolute atomic E-state index is 0.365. The second-order valence-electron chi connectivity index (χ2n) is 8.50. The highest BCUT2D eigenvalue weighted by Gasteiger charge is 2.55. The third-order valence-corrected chi connectivity index (χ3v) is 6.69. The summed E-state index contributed by atoms with van der Waals surface area (Å²) in [5.74, 6) is 0. The number of likely N-dealkylation sites (tertiary alicyclic amines) is 1. The van der Waals surface area contributed by atoms with Crippen LogP contribution in [0.3, 0.4) is 0 Å². The fourth-order valence-electron chi connectivity index (χ4n) is 4.72. The van der Waals surface area contributed by atoms with Crippen LogP contribution in [-0.2, 0) is 0 Å². The molecule has 166 valence electrons. The molecule has 3 heteroatoms. The van der Waals surface area contributed by atoms with Crippen molar-refractivity contribution in [2.75, 3.05) is 19.6 Å². The third-order valence-electron chi connectivity index (χ3n) is 6.69. The van der Waals surface area contributed by atoms with Crippen molar-refractivity contribution in [1.82, 2.24) is 10.2 Å². The van der Waals surface area contributed by atoms with Crippen molar-refractivity contribution < 1.29 is 5.11 Å². The van der Waals surface area contributed by atoms with Crippen LogP contribution in [0.15, 0.2) is 78.9 Å². The van der Waals surface area contributed by atoms with E-state index in [1.54, 1.807) is 0 Å². The maximum Gasteiger partial charge on any atom is 0.131 e. The second kappa shape index (κ2) is 10.9. The molecule has 31 heavy (non-hydrogen) atoms. The van der Waals surface area contributed by atoms with E-state index in [0.29, 0.717) is 11.5 Å². The smallest absolute Gasteiger partial charge is 0.131 e. The summed E-state index contributed by atoms with van der Waals surface area (Å²) in [5, 5.41) is 16.7. The first-order valence-electron chi connectivity index (χ1n) is 11.7. The first kappa shape index (κ1) is 23.5. The largest absolute Gasteiger partial charge is 0.374 e. The van der Waals surface area contributed by atoms with E-state index < -0.39 is 6.23 Å². The molecule has 1 saturated carbocycles. The number of aliphatic hydroxyl groups is 1. The monoisotopic (exact) mass is 418 g/mol. The number of allylic oxidation sites excluding steroid dienone is 3. The molecule has 2 aromatic rings. The summed E-state index contributed by atoms with van der Waals surface area (Å²) >= 11 is 0. The zero-order chi connectivity index (χ0) is 22.3. The fraction of sp³-hybridized carbons (Fsp3) is 0.429. The Hall–Kier alpha value is -2.20. The molecule has 0 bridgehead atoms. The van der Waals surface area contributed by atoms with E-state index in [1.807, 2.05) is 51.1 Å². The summed E-state index contributed by atoms with van der Waals surface area (Å²) in [6.07, 6.45) is 11.2. The predicted molar refractivity (Wildman–Crippen MR) is 133 cm³/mol. The summed E-state index contributed by atoms with van der Waals surface area (Å²) in [6, 6.07) is 14.8. The van der Waals surface area contributed by atoms with Gasteiger partial charge in [0.05, 0.1) is 0 Å². The van der Waals surface area contributed by atoms with Crippen molar-refractivity contribution >= 4 is 10.8 Å². The number of benzene rings is 2. The zero-order valence-corrected chi connectivity index (χ0v) is 19.3. The highest BCUT2D eigenvalue weighted by atomic mass is 16.3. The molecule has 4 rings (SSSR count). The molecule has 2 fully saturated rings. The minimum Gasteiger partial charge on any atom is -0.374 e. The average molecular weight is 419 g/mol. The van der Waals surface area contributed by atoms with Crippen LogP contribution in [0, 0.1) is 5.41 Å². The van der Waals surface area contributed by atoms with Crippen LogP contribution in [0.4, 0.5) is 0 Å². The van der Waals surface area contributed by atoms with Crippen molar-refractivity contribution in [3.05, 3.63) is 84.5 Å². The Bertz CT molecular complexity index is 916. The van der Waals surface area contributed by atoms with E-state index in [1.165, 1.54) is 30.2 Å². The van der Waals surface area contributed by atoms with E-state index in [4.69, 9.17) is 0 Å². The molecule has 1 heterocycles. The summed E-state index contributed by atoms with van der Waals surface area (Å²) in [4.78, 5) is 2.53. The lowest BCUT2D eigenvalue weighted by Crippen LogP contribution is -2.39. The van der Waals surface area contributed by atoms with Crippen molar-refractivity contribution in [2.45, 2.75) is 52.3 Å². The maximum atomic E-state index is 10.9. The molecule has 1 saturated heterocycles. The van der Waals surface area contributed by atoms with E-state index >= 15 is 0 Å². The molecule has 1 aliphatic carbocycles. The molecule has 2 unspecified atom stereocenters. The van der Waals surface area contributed by atoms with E-state index in [0.717, 1.165) is 30.6 Å². The lowest BCUT2D eigenvalue weighted by atomic mass is 9.92. The van der Waals surface area contributed by atoms with Crippen molar-refractivity contribution in [2.24, 2.45) is 5.41 Å². The zero-order valence-electron chi connectivity index (χ0n) is 19.3. The summed E-state index contributed by atoms with van der Waals surface area (Å²) in [7, 11) is 0. The van der Waals surface area contributed by atoms with Gasteiger partial charge in [-0.2, -0.15) is 0 Å². The molecule has 2 atom stereocenters. The molecule has 1 spiro atoms. The first-order valence-corrected chi connectivity index (χ1v) is 11.7. The SMILES string of the molecule is C=C/C(=C\C=C/C)CN1CCC2(CC1)CC2NC(O)c1cccc2ccccc12.CC. The summed E-state index contributed by atoms with van der Waals surface area (Å²) in [5.41, 5.74) is 2.62. The number of piperidine rings is 1. The molecule has 1 aliphatic heterocycles. The number of aliphatic hydroxyl groups excluding tert-OH is 1. The van der Waals surface area contributed by atoms with Gasteiger partial charge < -0.3 is 5.11 Å². The van der Waals surface area contributed by atoms with Crippen molar-refractivity contribution in [3.8, 4) is 0 Å². The quantitative estimate of drug-likeness (QED) is 0.428. The van der Waals surface area contributed by atoms with Crippen LogP contribution in [0.25, 0.3) is 10.8 Å². The molecule has 0 aromatic heterocycles. The summed E-state index contributed by atoms with van der Waals surface area (Å²) in [6.45, 7) is 13.2. The molecule has 0 amide bonds. The van der Waals surface area contributed by atoms with Crippen LogP contribution in [0.1, 0.15) is 51.8 Å². The van der Waals surface area contributed by atoms with E-state index in [2.05, 4.69) is 53.2 Å². The topological polar surface area (TPSA) is 35.5 Å². The number of nitrogens with one attached hydrogen (secondary N) is 1. The number of rotatable bonds is 7. The van der Waals surface area contributed by atoms with Crippen molar-refractivity contribution in [3.63, 3.8) is 0 Å². The highest BCUT2D eigenvalue weighted by Crippen LogP contribution is 2.54. The Balaban J connectivity index is 0.00000132. The van der Waals surface area contributed by atoms with Gasteiger partial charge in [0.25, 0.3) is 0 Å². The number of nitrogens with zero attached hydrogens (tertiary/aromatic N) is 1. The van der Waals surface area contributed by atoms with Gasteiger partial charge in [-0.25, -0.2) is 0 Å². The number of fused-ring (bicyclic) bond motifs is 1. The first-order chi connectivity index (χ1) is 15.1. The highest BCUT2D eigenvalue weighted by molar-refractivity contribution is 5.85. The second-order valence-corrected chi connectivity index (χ2v) is 8.50. The van der Waals surface area contributed by atoms with E-state index in [9.17, 15) is 5.11 Å². The average Bonchev–Trinajstić information content (AvgIpc) is 3.49. The van der Waals surface area contributed by atoms with Crippen LogP contribution >= 0.6 is 0 Å². The Labute approximate surface area is 188 Å². The normalized spacial score (nSPS) is 21.7. The van der Waals surface area contributed by atoms with Gasteiger partial charge >= 0.3 is 0 Å². The van der Waals surface area contributed by atoms with Gasteiger partial charge in [-0.05, 0) is 61.0 Å². The standard InChI is InChI=1S/C26H32N2O.C2H6/c1-3-5-9-20(4-2)19-28-16-14-26(15-17-28)18-24(26)27-25(29)23-13-8-11-21-10-6-7-12-22(21)23;1-2/h3-13,24-25,27,29H,2,14-19H2,1H3;1-2H3/b5-3-,20-9+;. The lowest BCUT2D eigenvalue weighted by molar-refractivity contribution is 0.120. The predicted octanol–water partition coefficient (Wildman–Crippen LogP) is 5.99. The lowest BCUT2D eigenvalue weighted by Gasteiger charge is -2.33. The Morgan fingerprint density at radius 2 is 1.90 bits per heavy atom. The Morgan fingerprint density at radius 3 is 2.61 bits per heavy atom. The van der Waals surface area contributed by atoms with Gasteiger partial charge in [0.1, 0.15) is 6.23 Å². The Morgan fingerprint density at radius 1 is 1.19 bits per heavy atom. The van der Waals surface area contributed by atoms with Gasteiger partial charge in [-0.15, -0.1) is 0 Å².